The number of carbonyl (C=O) groups is 1. The number of rotatable bonds is 5. The number of morpholine rings is 1. The summed E-state index contributed by atoms with van der Waals surface area (Å²) in [5.74, 6) is 0.727. The molecule has 3 aromatic heterocycles. The van der Waals surface area contributed by atoms with Crippen molar-refractivity contribution in [1.29, 1.82) is 0 Å². The molecule has 1 amide bonds. The lowest BCUT2D eigenvalue weighted by molar-refractivity contribution is 0.102. The minimum Gasteiger partial charge on any atom is -0.378 e. The van der Waals surface area contributed by atoms with E-state index in [0.717, 1.165) is 71.0 Å². The van der Waals surface area contributed by atoms with Gasteiger partial charge in [0.2, 0.25) is 0 Å². The Balaban J connectivity index is 1.33. The van der Waals surface area contributed by atoms with Crippen LogP contribution in [0.1, 0.15) is 28.8 Å². The molecule has 37 heavy (non-hydrogen) atoms. The summed E-state index contributed by atoms with van der Waals surface area (Å²) in [5.41, 5.74) is 6.69. The lowest BCUT2D eigenvalue weighted by Gasteiger charge is -2.29. The van der Waals surface area contributed by atoms with Crippen molar-refractivity contribution in [2.24, 2.45) is 0 Å². The van der Waals surface area contributed by atoms with Gasteiger partial charge in [0, 0.05) is 67.8 Å². The van der Waals surface area contributed by atoms with Crippen LogP contribution in [0.3, 0.4) is 0 Å². The van der Waals surface area contributed by atoms with Gasteiger partial charge in [-0.05, 0) is 66.5 Å². The first-order chi connectivity index (χ1) is 18.1. The van der Waals surface area contributed by atoms with E-state index in [9.17, 15) is 4.79 Å². The molecule has 1 N–H and O–H groups in total. The fraction of sp³-hybridized carbons (Fsp3) is 0.321. The molecule has 6 rings (SSSR count). The minimum absolute atomic E-state index is 0.139. The fourth-order valence-corrected chi connectivity index (χ4v) is 5.63. The quantitative estimate of drug-likeness (QED) is 0.408. The number of aromatic nitrogens is 3. The molecule has 1 atom stereocenters. The van der Waals surface area contributed by atoms with Crippen LogP contribution >= 0.6 is 9.24 Å². The van der Waals surface area contributed by atoms with E-state index >= 15 is 0 Å². The van der Waals surface area contributed by atoms with Gasteiger partial charge in [0.15, 0.2) is 5.65 Å². The number of benzene rings is 1. The summed E-state index contributed by atoms with van der Waals surface area (Å²) < 4.78 is 7.64. The normalized spacial score (nSPS) is 15.9. The topological polar surface area (TPSA) is 75.0 Å². The van der Waals surface area contributed by atoms with Crippen LogP contribution in [-0.2, 0) is 4.74 Å². The van der Waals surface area contributed by atoms with Crippen LogP contribution in [0.4, 0.5) is 17.2 Å². The van der Waals surface area contributed by atoms with E-state index in [2.05, 4.69) is 70.0 Å². The third-order valence-corrected chi connectivity index (χ3v) is 7.69. The molecule has 4 aromatic rings. The Kier molecular flexibility index (Phi) is 6.53. The summed E-state index contributed by atoms with van der Waals surface area (Å²) in [4.78, 5) is 26.9. The van der Waals surface area contributed by atoms with Gasteiger partial charge in [-0.1, -0.05) is 0 Å². The number of hydrogen-bond acceptors (Lipinski definition) is 6. The summed E-state index contributed by atoms with van der Waals surface area (Å²) in [7, 11) is 2.76. The monoisotopic (exact) mass is 514 g/mol. The van der Waals surface area contributed by atoms with Crippen molar-refractivity contribution in [1.82, 2.24) is 14.4 Å². The second-order valence-electron chi connectivity index (χ2n) is 9.68. The number of hydrogen-bond donors (Lipinski definition) is 1. The van der Waals surface area contributed by atoms with Crippen molar-refractivity contribution in [3.63, 3.8) is 0 Å². The molecule has 0 spiro atoms. The molecule has 1 unspecified atom stereocenters. The summed E-state index contributed by atoms with van der Waals surface area (Å²) in [6.07, 6.45) is 9.97. The molecule has 2 aliphatic rings. The Morgan fingerprint density at radius 1 is 1.00 bits per heavy atom. The highest BCUT2D eigenvalue weighted by molar-refractivity contribution is 7.28. The number of ether oxygens (including phenoxy) is 1. The van der Waals surface area contributed by atoms with Gasteiger partial charge < -0.3 is 24.3 Å². The Hall–Kier alpha value is -3.48. The van der Waals surface area contributed by atoms with Crippen LogP contribution in [0.2, 0.25) is 0 Å². The van der Waals surface area contributed by atoms with E-state index in [-0.39, 0.29) is 5.91 Å². The van der Waals surface area contributed by atoms with Gasteiger partial charge in [-0.15, -0.1) is 9.24 Å². The van der Waals surface area contributed by atoms with Gasteiger partial charge >= 0.3 is 0 Å². The number of nitrogens with one attached hydrogen (secondary N) is 1. The van der Waals surface area contributed by atoms with Gasteiger partial charge in [0.1, 0.15) is 5.82 Å². The molecule has 2 aliphatic heterocycles. The van der Waals surface area contributed by atoms with E-state index in [4.69, 9.17) is 4.74 Å². The largest absolute Gasteiger partial charge is 0.378 e. The van der Waals surface area contributed by atoms with Gasteiger partial charge in [0.05, 0.1) is 18.9 Å². The summed E-state index contributed by atoms with van der Waals surface area (Å²) in [5, 5.41) is 4.08. The molecule has 2 saturated heterocycles. The van der Waals surface area contributed by atoms with E-state index in [1.807, 2.05) is 18.5 Å². The van der Waals surface area contributed by atoms with Gasteiger partial charge in [-0.2, -0.15) is 0 Å². The van der Waals surface area contributed by atoms with Crippen molar-refractivity contribution in [2.75, 3.05) is 54.5 Å². The third-order valence-electron chi connectivity index (χ3n) is 7.21. The second kappa shape index (κ2) is 10.1. The highest BCUT2D eigenvalue weighted by Crippen LogP contribution is 2.32. The Morgan fingerprint density at radius 2 is 1.81 bits per heavy atom. The van der Waals surface area contributed by atoms with Crippen LogP contribution in [0.15, 0.2) is 55.1 Å². The molecule has 2 fully saturated rings. The molecule has 0 saturated carbocycles. The highest BCUT2D eigenvalue weighted by Gasteiger charge is 2.19. The molecular formula is C28H31N6O2P. The average molecular weight is 515 g/mol. The Morgan fingerprint density at radius 3 is 2.62 bits per heavy atom. The zero-order valence-electron chi connectivity index (χ0n) is 21.0. The summed E-state index contributed by atoms with van der Waals surface area (Å²) >= 11 is 0. The molecule has 8 nitrogen and oxygen atoms in total. The lowest BCUT2D eigenvalue weighted by Crippen LogP contribution is -2.36. The van der Waals surface area contributed by atoms with Crippen LogP contribution in [0, 0.1) is 6.92 Å². The smallest absolute Gasteiger partial charge is 0.255 e. The predicted molar refractivity (Wildman–Crippen MR) is 151 cm³/mol. The number of imidazole rings is 1. The standard InChI is InChI=1S/C28H31N6O2P/c1-19-14-25(37)23(31-28(35)20-4-5-29-26(16-20)33-7-2-3-8-33)17-22(19)21-15-24(32-10-12-36-13-11-32)27-30-6-9-34(27)18-21/h4-6,9,14-18H,2-3,7-8,10-13,37H2,1H3,(H,31,35). The molecule has 0 bridgehead atoms. The third kappa shape index (κ3) is 4.79. The zero-order chi connectivity index (χ0) is 25.4. The number of aryl methyl sites for hydroxylation is 1. The fourth-order valence-electron chi connectivity index (χ4n) is 5.22. The van der Waals surface area contributed by atoms with E-state index in [1.165, 1.54) is 12.8 Å². The van der Waals surface area contributed by atoms with Gasteiger partial charge in [-0.3, -0.25) is 4.79 Å². The maximum Gasteiger partial charge on any atom is 0.255 e. The number of anilines is 3. The van der Waals surface area contributed by atoms with Crippen molar-refractivity contribution >= 4 is 43.3 Å². The van der Waals surface area contributed by atoms with E-state index in [1.54, 1.807) is 12.3 Å². The molecule has 0 radical (unpaired) electrons. The Bertz CT molecular complexity index is 1460. The first-order valence-electron chi connectivity index (χ1n) is 12.8. The van der Waals surface area contributed by atoms with Gasteiger partial charge in [-0.25, -0.2) is 9.97 Å². The first-order valence-corrected chi connectivity index (χ1v) is 13.4. The molecular weight excluding hydrogens is 483 g/mol. The van der Waals surface area contributed by atoms with E-state index in [0.29, 0.717) is 18.8 Å². The minimum atomic E-state index is -0.139. The number of nitrogens with zero attached hydrogens (tertiary/aromatic N) is 5. The molecule has 9 heteroatoms. The van der Waals surface area contributed by atoms with Crippen molar-refractivity contribution in [2.45, 2.75) is 19.8 Å². The summed E-state index contributed by atoms with van der Waals surface area (Å²) in [6.45, 7) is 7.17. The Labute approximate surface area is 218 Å². The molecule has 190 valence electrons. The maximum atomic E-state index is 13.3. The maximum absolute atomic E-state index is 13.3. The van der Waals surface area contributed by atoms with Crippen molar-refractivity contribution < 1.29 is 9.53 Å². The van der Waals surface area contributed by atoms with Crippen LogP contribution in [0.5, 0.6) is 0 Å². The SMILES string of the molecule is Cc1cc(P)c(NC(=O)c2ccnc(N3CCCC3)c2)cc1-c1cc(N2CCOCC2)c2nccn2c1. The average Bonchev–Trinajstić information content (AvgIpc) is 3.63. The number of carbonyl (C=O) groups excluding carboxylic acids is 1. The lowest BCUT2D eigenvalue weighted by atomic mass is 10.00. The van der Waals surface area contributed by atoms with Crippen molar-refractivity contribution in [3.05, 3.63) is 66.2 Å². The van der Waals surface area contributed by atoms with Crippen LogP contribution < -0.4 is 20.4 Å². The highest BCUT2D eigenvalue weighted by atomic mass is 31.0. The second-order valence-corrected chi connectivity index (χ2v) is 10.3. The van der Waals surface area contributed by atoms with Gasteiger partial charge in [0.25, 0.3) is 5.91 Å². The zero-order valence-corrected chi connectivity index (χ0v) is 22.1. The molecule has 1 aromatic carbocycles. The number of amides is 1. The van der Waals surface area contributed by atoms with Crippen LogP contribution in [-0.4, -0.2) is 59.7 Å². The van der Waals surface area contributed by atoms with Crippen LogP contribution in [0.25, 0.3) is 16.8 Å². The summed E-state index contributed by atoms with van der Waals surface area (Å²) in [6, 6.07) is 10.0. The number of pyridine rings is 2. The predicted octanol–water partition coefficient (Wildman–Crippen LogP) is 3.89. The first kappa shape index (κ1) is 23.9. The molecule has 0 aliphatic carbocycles. The number of fused-ring (bicyclic) bond motifs is 1. The van der Waals surface area contributed by atoms with Crippen molar-refractivity contribution in [3.8, 4) is 11.1 Å². The molecule has 5 heterocycles. The van der Waals surface area contributed by atoms with E-state index < -0.39 is 0 Å².